The van der Waals surface area contributed by atoms with E-state index in [4.69, 9.17) is 4.74 Å². The summed E-state index contributed by atoms with van der Waals surface area (Å²) in [4.78, 5) is 0. The topological polar surface area (TPSA) is 21.3 Å². The van der Waals surface area contributed by atoms with E-state index in [2.05, 4.69) is 47.2 Å². The fourth-order valence-corrected chi connectivity index (χ4v) is 2.08. The Labute approximate surface area is 129 Å². The maximum atomic E-state index is 5.79. The second kappa shape index (κ2) is 7.46. The largest absolute Gasteiger partial charge is 0.457 e. The van der Waals surface area contributed by atoms with E-state index in [1.165, 1.54) is 5.56 Å². The first-order chi connectivity index (χ1) is 9.63. The van der Waals surface area contributed by atoms with Crippen LogP contribution in [-0.4, -0.2) is 6.54 Å². The average Bonchev–Trinajstić information content (AvgIpc) is 2.43. The molecule has 2 aromatic carbocycles. The molecule has 0 atom stereocenters. The molecule has 0 amide bonds. The Hall–Kier alpha value is -1.32. The molecule has 2 aromatic rings. The first kappa shape index (κ1) is 15.1. The van der Waals surface area contributed by atoms with E-state index in [1.807, 2.05) is 36.4 Å². The molecule has 0 unspecified atom stereocenters. The summed E-state index contributed by atoms with van der Waals surface area (Å²) in [6.07, 6.45) is 0. The van der Waals surface area contributed by atoms with Crippen LogP contribution in [0.5, 0.6) is 11.5 Å². The first-order valence-corrected chi connectivity index (χ1v) is 7.66. The van der Waals surface area contributed by atoms with Crippen LogP contribution < -0.4 is 10.1 Å². The second-order valence-electron chi connectivity index (χ2n) is 5.22. The highest BCUT2D eigenvalue weighted by atomic mass is 79.9. The minimum absolute atomic E-state index is 0.676. The van der Waals surface area contributed by atoms with Crippen LogP contribution in [0.2, 0.25) is 0 Å². The SMILES string of the molecule is CC(C)CNCc1ccc(Oc2ccc(Br)cc2)cc1. The molecule has 0 fully saturated rings. The smallest absolute Gasteiger partial charge is 0.127 e. The van der Waals surface area contributed by atoms with Gasteiger partial charge in [0.2, 0.25) is 0 Å². The van der Waals surface area contributed by atoms with Crippen LogP contribution in [0, 0.1) is 5.92 Å². The van der Waals surface area contributed by atoms with Crippen molar-refractivity contribution in [3.8, 4) is 11.5 Å². The molecule has 20 heavy (non-hydrogen) atoms. The minimum atomic E-state index is 0.676. The van der Waals surface area contributed by atoms with E-state index in [0.717, 1.165) is 29.1 Å². The lowest BCUT2D eigenvalue weighted by atomic mass is 10.2. The standard InChI is InChI=1S/C17H20BrNO/c1-13(2)11-19-12-14-3-7-16(8-4-14)20-17-9-5-15(18)6-10-17/h3-10,13,19H,11-12H2,1-2H3. The minimum Gasteiger partial charge on any atom is -0.457 e. The molecule has 0 heterocycles. The lowest BCUT2D eigenvalue weighted by molar-refractivity contribution is 0.482. The van der Waals surface area contributed by atoms with Crippen molar-refractivity contribution < 1.29 is 4.74 Å². The summed E-state index contributed by atoms with van der Waals surface area (Å²) < 4.78 is 6.84. The molecule has 0 aromatic heterocycles. The van der Waals surface area contributed by atoms with Gasteiger partial charge in [-0.05, 0) is 54.4 Å². The summed E-state index contributed by atoms with van der Waals surface area (Å²) >= 11 is 3.41. The van der Waals surface area contributed by atoms with E-state index >= 15 is 0 Å². The fourth-order valence-electron chi connectivity index (χ4n) is 1.82. The van der Waals surface area contributed by atoms with Gasteiger partial charge in [0.25, 0.3) is 0 Å². The zero-order valence-corrected chi connectivity index (χ0v) is 13.5. The molecule has 0 spiro atoms. The number of hydrogen-bond donors (Lipinski definition) is 1. The second-order valence-corrected chi connectivity index (χ2v) is 6.14. The number of hydrogen-bond acceptors (Lipinski definition) is 2. The maximum absolute atomic E-state index is 5.79. The molecular formula is C17H20BrNO. The highest BCUT2D eigenvalue weighted by Crippen LogP contribution is 2.23. The Morgan fingerprint density at radius 2 is 1.50 bits per heavy atom. The number of nitrogens with one attached hydrogen (secondary N) is 1. The van der Waals surface area contributed by atoms with E-state index in [0.29, 0.717) is 5.92 Å². The summed E-state index contributed by atoms with van der Waals surface area (Å²) in [6.45, 7) is 6.36. The van der Waals surface area contributed by atoms with Crippen molar-refractivity contribution in [2.45, 2.75) is 20.4 Å². The summed E-state index contributed by atoms with van der Waals surface area (Å²) in [5, 5.41) is 3.43. The highest BCUT2D eigenvalue weighted by molar-refractivity contribution is 9.10. The van der Waals surface area contributed by atoms with E-state index in [-0.39, 0.29) is 0 Å². The molecule has 3 heteroatoms. The average molecular weight is 334 g/mol. The third-order valence-electron chi connectivity index (χ3n) is 2.85. The van der Waals surface area contributed by atoms with E-state index in [1.54, 1.807) is 0 Å². The normalized spacial score (nSPS) is 10.8. The van der Waals surface area contributed by atoms with Crippen molar-refractivity contribution in [1.82, 2.24) is 5.32 Å². The van der Waals surface area contributed by atoms with Gasteiger partial charge in [-0.15, -0.1) is 0 Å². The van der Waals surface area contributed by atoms with Gasteiger partial charge in [-0.3, -0.25) is 0 Å². The number of ether oxygens (including phenoxy) is 1. The van der Waals surface area contributed by atoms with E-state index < -0.39 is 0 Å². The number of rotatable bonds is 6. The van der Waals surface area contributed by atoms with Crippen molar-refractivity contribution in [1.29, 1.82) is 0 Å². The quantitative estimate of drug-likeness (QED) is 0.804. The predicted octanol–water partition coefficient (Wildman–Crippen LogP) is 4.99. The van der Waals surface area contributed by atoms with Gasteiger partial charge in [0.15, 0.2) is 0 Å². The Balaban J connectivity index is 1.89. The number of benzene rings is 2. The number of halogens is 1. The van der Waals surface area contributed by atoms with Gasteiger partial charge in [0.1, 0.15) is 11.5 Å². The Bertz CT molecular complexity index is 520. The molecular weight excluding hydrogens is 314 g/mol. The zero-order chi connectivity index (χ0) is 14.4. The van der Waals surface area contributed by atoms with Crippen LogP contribution in [0.25, 0.3) is 0 Å². The van der Waals surface area contributed by atoms with E-state index in [9.17, 15) is 0 Å². The Morgan fingerprint density at radius 3 is 2.05 bits per heavy atom. The molecule has 0 bridgehead atoms. The summed E-state index contributed by atoms with van der Waals surface area (Å²) in [6, 6.07) is 16.1. The molecule has 2 nitrogen and oxygen atoms in total. The molecule has 0 saturated heterocycles. The van der Waals surface area contributed by atoms with Crippen molar-refractivity contribution in [2.75, 3.05) is 6.54 Å². The lowest BCUT2D eigenvalue weighted by Crippen LogP contribution is -2.18. The Morgan fingerprint density at radius 1 is 0.950 bits per heavy atom. The van der Waals surface area contributed by atoms with Gasteiger partial charge in [0.05, 0.1) is 0 Å². The van der Waals surface area contributed by atoms with Gasteiger partial charge in [0, 0.05) is 11.0 Å². The predicted molar refractivity (Wildman–Crippen MR) is 87.2 cm³/mol. The van der Waals surface area contributed by atoms with Crippen molar-refractivity contribution in [3.63, 3.8) is 0 Å². The van der Waals surface area contributed by atoms with Crippen LogP contribution in [0.3, 0.4) is 0 Å². The molecule has 0 aliphatic carbocycles. The van der Waals surface area contributed by atoms with Crippen LogP contribution in [0.15, 0.2) is 53.0 Å². The monoisotopic (exact) mass is 333 g/mol. The summed E-state index contributed by atoms with van der Waals surface area (Å²) in [5.74, 6) is 2.38. The molecule has 0 saturated carbocycles. The molecule has 0 radical (unpaired) electrons. The van der Waals surface area contributed by atoms with Gasteiger partial charge in [-0.25, -0.2) is 0 Å². The van der Waals surface area contributed by atoms with Gasteiger partial charge in [-0.2, -0.15) is 0 Å². The molecule has 1 N–H and O–H groups in total. The summed E-state index contributed by atoms with van der Waals surface area (Å²) in [5.41, 5.74) is 1.27. The highest BCUT2D eigenvalue weighted by Gasteiger charge is 1.99. The van der Waals surface area contributed by atoms with Gasteiger partial charge in [-0.1, -0.05) is 41.9 Å². The molecule has 0 aliphatic heterocycles. The molecule has 0 aliphatic rings. The maximum Gasteiger partial charge on any atom is 0.127 e. The summed E-state index contributed by atoms with van der Waals surface area (Å²) in [7, 11) is 0. The van der Waals surface area contributed by atoms with Crippen molar-refractivity contribution in [2.24, 2.45) is 5.92 Å². The van der Waals surface area contributed by atoms with Crippen LogP contribution in [0.1, 0.15) is 19.4 Å². The van der Waals surface area contributed by atoms with Crippen LogP contribution in [-0.2, 0) is 6.54 Å². The molecule has 2 rings (SSSR count). The van der Waals surface area contributed by atoms with Gasteiger partial charge >= 0.3 is 0 Å². The fraction of sp³-hybridized carbons (Fsp3) is 0.294. The third kappa shape index (κ3) is 4.99. The van der Waals surface area contributed by atoms with Gasteiger partial charge < -0.3 is 10.1 Å². The van der Waals surface area contributed by atoms with Crippen molar-refractivity contribution in [3.05, 3.63) is 58.6 Å². The lowest BCUT2D eigenvalue weighted by Gasteiger charge is -2.09. The first-order valence-electron chi connectivity index (χ1n) is 6.86. The van der Waals surface area contributed by atoms with Crippen LogP contribution in [0.4, 0.5) is 0 Å². The zero-order valence-electron chi connectivity index (χ0n) is 11.9. The third-order valence-corrected chi connectivity index (χ3v) is 3.38. The van der Waals surface area contributed by atoms with Crippen LogP contribution >= 0.6 is 15.9 Å². The Kier molecular flexibility index (Phi) is 5.62. The molecule has 106 valence electrons. The van der Waals surface area contributed by atoms with Crippen molar-refractivity contribution >= 4 is 15.9 Å².